The molecule has 122 valence electrons. The van der Waals surface area contributed by atoms with E-state index in [0.717, 1.165) is 29.6 Å². The molecule has 1 aliphatic rings. The van der Waals surface area contributed by atoms with Gasteiger partial charge in [-0.15, -0.1) is 0 Å². The molecular formula is C15H17FN4O2S. The van der Waals surface area contributed by atoms with E-state index in [4.69, 9.17) is 0 Å². The maximum atomic E-state index is 13.1. The summed E-state index contributed by atoms with van der Waals surface area (Å²) >= 11 is 0. The fourth-order valence-corrected chi connectivity index (χ4v) is 3.16. The highest BCUT2D eigenvalue weighted by atomic mass is 32.2. The Morgan fingerprint density at radius 2 is 2.09 bits per heavy atom. The van der Waals surface area contributed by atoms with Gasteiger partial charge in [-0.05, 0) is 18.6 Å². The number of fused-ring (bicyclic) bond motifs is 1. The molecule has 3 rings (SSSR count). The van der Waals surface area contributed by atoms with E-state index in [9.17, 15) is 12.8 Å². The lowest BCUT2D eigenvalue weighted by molar-refractivity contribution is 0.241. The van der Waals surface area contributed by atoms with Crippen molar-refractivity contribution >= 4 is 9.84 Å². The van der Waals surface area contributed by atoms with E-state index >= 15 is 0 Å². The van der Waals surface area contributed by atoms with Gasteiger partial charge in [-0.1, -0.05) is 6.07 Å². The van der Waals surface area contributed by atoms with Crippen LogP contribution in [0.25, 0.3) is 0 Å². The SMILES string of the molecule is Cc1nc(F)ccc1CN1CCc2nc(S(C)(=O)=O)ncc2C1. The van der Waals surface area contributed by atoms with E-state index in [1.54, 1.807) is 19.2 Å². The number of hydrogen-bond donors (Lipinski definition) is 0. The van der Waals surface area contributed by atoms with Crippen LogP contribution >= 0.6 is 0 Å². The normalized spacial score (nSPS) is 15.4. The molecule has 0 N–H and O–H groups in total. The molecule has 23 heavy (non-hydrogen) atoms. The van der Waals surface area contributed by atoms with Crippen LogP contribution in [0.2, 0.25) is 0 Å². The maximum Gasteiger partial charge on any atom is 0.246 e. The van der Waals surface area contributed by atoms with Gasteiger partial charge in [0.15, 0.2) is 0 Å². The summed E-state index contributed by atoms with van der Waals surface area (Å²) in [6.07, 6.45) is 3.35. The monoisotopic (exact) mass is 336 g/mol. The van der Waals surface area contributed by atoms with Gasteiger partial charge in [0.05, 0.1) is 5.69 Å². The van der Waals surface area contributed by atoms with Crippen LogP contribution in [0.4, 0.5) is 4.39 Å². The number of pyridine rings is 1. The highest BCUT2D eigenvalue weighted by Crippen LogP contribution is 2.20. The molecule has 0 aromatic carbocycles. The molecule has 0 bridgehead atoms. The predicted molar refractivity (Wildman–Crippen MR) is 81.9 cm³/mol. The number of halogens is 1. The number of sulfone groups is 1. The second-order valence-corrected chi connectivity index (χ2v) is 7.65. The van der Waals surface area contributed by atoms with Crippen molar-refractivity contribution in [2.45, 2.75) is 31.6 Å². The molecule has 0 aliphatic carbocycles. The lowest BCUT2D eigenvalue weighted by Crippen LogP contribution is -2.31. The van der Waals surface area contributed by atoms with Gasteiger partial charge in [-0.3, -0.25) is 4.90 Å². The molecule has 0 unspecified atom stereocenters. The Labute approximate surface area is 134 Å². The lowest BCUT2D eigenvalue weighted by Gasteiger charge is -2.28. The second-order valence-electron chi connectivity index (χ2n) is 5.74. The molecule has 2 aromatic heterocycles. The quantitative estimate of drug-likeness (QED) is 0.621. The zero-order valence-corrected chi connectivity index (χ0v) is 13.8. The molecule has 0 radical (unpaired) electrons. The number of aromatic nitrogens is 3. The zero-order valence-electron chi connectivity index (χ0n) is 13.0. The fourth-order valence-electron chi connectivity index (χ4n) is 2.64. The molecule has 2 aromatic rings. The fraction of sp³-hybridized carbons (Fsp3) is 0.400. The number of aryl methyl sites for hydroxylation is 1. The van der Waals surface area contributed by atoms with Crippen LogP contribution in [-0.2, 0) is 29.3 Å². The Bertz CT molecular complexity index is 855. The van der Waals surface area contributed by atoms with E-state index in [2.05, 4.69) is 19.9 Å². The van der Waals surface area contributed by atoms with Crippen LogP contribution in [0, 0.1) is 12.9 Å². The Morgan fingerprint density at radius 1 is 1.30 bits per heavy atom. The highest BCUT2D eigenvalue weighted by Gasteiger charge is 2.21. The van der Waals surface area contributed by atoms with Gasteiger partial charge >= 0.3 is 0 Å². The van der Waals surface area contributed by atoms with Crippen LogP contribution in [0.1, 0.15) is 22.5 Å². The topological polar surface area (TPSA) is 76.1 Å². The maximum absolute atomic E-state index is 13.1. The summed E-state index contributed by atoms with van der Waals surface area (Å²) in [7, 11) is -3.39. The summed E-state index contributed by atoms with van der Waals surface area (Å²) in [4.78, 5) is 14.1. The van der Waals surface area contributed by atoms with Crippen molar-refractivity contribution in [2.75, 3.05) is 12.8 Å². The first-order valence-corrected chi connectivity index (χ1v) is 9.11. The Morgan fingerprint density at radius 3 is 2.78 bits per heavy atom. The van der Waals surface area contributed by atoms with Crippen molar-refractivity contribution in [3.05, 3.63) is 46.8 Å². The third-order valence-electron chi connectivity index (χ3n) is 3.88. The van der Waals surface area contributed by atoms with Crippen molar-refractivity contribution in [1.82, 2.24) is 19.9 Å². The zero-order chi connectivity index (χ0) is 16.6. The van der Waals surface area contributed by atoms with Crippen LogP contribution in [-0.4, -0.2) is 41.1 Å². The van der Waals surface area contributed by atoms with Crippen molar-refractivity contribution in [3.63, 3.8) is 0 Å². The van der Waals surface area contributed by atoms with Crippen molar-refractivity contribution in [3.8, 4) is 0 Å². The van der Waals surface area contributed by atoms with Crippen molar-refractivity contribution in [2.24, 2.45) is 0 Å². The van der Waals surface area contributed by atoms with Crippen LogP contribution < -0.4 is 0 Å². The van der Waals surface area contributed by atoms with Gasteiger partial charge in [0, 0.05) is 49.8 Å². The molecule has 0 saturated heterocycles. The minimum atomic E-state index is -3.39. The highest BCUT2D eigenvalue weighted by molar-refractivity contribution is 7.90. The van der Waals surface area contributed by atoms with Gasteiger partial charge in [-0.2, -0.15) is 4.39 Å². The first-order chi connectivity index (χ1) is 10.8. The first-order valence-electron chi connectivity index (χ1n) is 7.22. The average Bonchev–Trinajstić information content (AvgIpc) is 2.48. The smallest absolute Gasteiger partial charge is 0.246 e. The molecular weight excluding hydrogens is 319 g/mol. The number of nitrogens with zero attached hydrogens (tertiary/aromatic N) is 4. The van der Waals surface area contributed by atoms with E-state index in [-0.39, 0.29) is 5.16 Å². The summed E-state index contributed by atoms with van der Waals surface area (Å²) in [5.41, 5.74) is 3.37. The molecule has 0 saturated carbocycles. The molecule has 0 spiro atoms. The van der Waals surface area contributed by atoms with Crippen LogP contribution in [0.15, 0.2) is 23.5 Å². The minimum absolute atomic E-state index is 0.122. The van der Waals surface area contributed by atoms with Gasteiger partial charge in [-0.25, -0.2) is 23.4 Å². The Hall–Kier alpha value is -1.93. The summed E-state index contributed by atoms with van der Waals surface area (Å²) < 4.78 is 36.1. The van der Waals surface area contributed by atoms with E-state index in [1.807, 2.05) is 0 Å². The summed E-state index contributed by atoms with van der Waals surface area (Å²) in [6, 6.07) is 3.11. The largest absolute Gasteiger partial charge is 0.294 e. The minimum Gasteiger partial charge on any atom is -0.294 e. The molecule has 6 nitrogen and oxygen atoms in total. The van der Waals surface area contributed by atoms with Gasteiger partial charge in [0.25, 0.3) is 0 Å². The lowest BCUT2D eigenvalue weighted by atomic mass is 10.1. The average molecular weight is 336 g/mol. The molecule has 1 aliphatic heterocycles. The summed E-state index contributed by atoms with van der Waals surface area (Å²) in [5, 5.41) is -0.122. The third-order valence-corrected chi connectivity index (χ3v) is 4.74. The Kier molecular flexibility index (Phi) is 4.11. The number of rotatable bonds is 3. The molecule has 8 heteroatoms. The molecule has 0 atom stereocenters. The number of hydrogen-bond acceptors (Lipinski definition) is 6. The van der Waals surface area contributed by atoms with Gasteiger partial charge in [0.2, 0.25) is 20.9 Å². The molecule has 0 fully saturated rings. The molecule has 3 heterocycles. The molecule has 0 amide bonds. The van der Waals surface area contributed by atoms with Crippen molar-refractivity contribution < 1.29 is 12.8 Å². The predicted octanol–water partition coefficient (Wildman–Crippen LogP) is 1.28. The third kappa shape index (κ3) is 3.53. The summed E-state index contributed by atoms with van der Waals surface area (Å²) in [5.74, 6) is -0.475. The van der Waals surface area contributed by atoms with Crippen LogP contribution in [0.5, 0.6) is 0 Å². The van der Waals surface area contributed by atoms with Gasteiger partial charge in [0.1, 0.15) is 0 Å². The van der Waals surface area contributed by atoms with E-state index in [0.29, 0.717) is 25.2 Å². The van der Waals surface area contributed by atoms with Gasteiger partial charge < -0.3 is 0 Å². The van der Waals surface area contributed by atoms with Crippen molar-refractivity contribution in [1.29, 1.82) is 0 Å². The summed E-state index contributed by atoms with van der Waals surface area (Å²) in [6.45, 7) is 3.84. The standard InChI is InChI=1S/C15H17FN4O2S/c1-10-11(3-4-14(16)18-10)8-20-6-5-13-12(9-20)7-17-15(19-13)23(2,21)22/h3-4,7H,5-6,8-9H2,1-2H3. The second kappa shape index (κ2) is 5.93. The Balaban J connectivity index is 1.78. The van der Waals surface area contributed by atoms with Crippen LogP contribution in [0.3, 0.4) is 0 Å². The van der Waals surface area contributed by atoms with E-state index in [1.165, 1.54) is 6.07 Å². The van der Waals surface area contributed by atoms with E-state index < -0.39 is 15.8 Å². The first kappa shape index (κ1) is 15.9.